The lowest BCUT2D eigenvalue weighted by Crippen LogP contribution is -2.18. The summed E-state index contributed by atoms with van der Waals surface area (Å²) in [7, 11) is 0. The quantitative estimate of drug-likeness (QED) is 0.546. The molecule has 3 heterocycles. The third kappa shape index (κ3) is 2.51. The molecular weight excluding hydrogens is 388 g/mol. The van der Waals surface area contributed by atoms with Crippen molar-refractivity contribution in [3.63, 3.8) is 0 Å². The van der Waals surface area contributed by atoms with E-state index in [1.54, 1.807) is 12.1 Å². The Hall–Kier alpha value is -0.870. The first-order valence-corrected chi connectivity index (χ1v) is 7.03. The molecule has 0 spiro atoms. The standard InChI is InChI=1S/C12H10F3IN2O2/c13-12(14,15)9-6-8-7(11-19-4-1-5-20-11)2-3-10(16)18(8)17-9/h2-3,6,11H,1,4-5H2. The molecule has 0 N–H and O–H groups in total. The number of rotatable bonds is 1. The van der Waals surface area contributed by atoms with Crippen LogP contribution in [0.25, 0.3) is 5.52 Å². The molecule has 0 atom stereocenters. The molecule has 0 amide bonds. The van der Waals surface area contributed by atoms with E-state index in [0.29, 0.717) is 28.0 Å². The highest BCUT2D eigenvalue weighted by Gasteiger charge is 2.35. The molecule has 0 unspecified atom stereocenters. The van der Waals surface area contributed by atoms with Crippen LogP contribution in [0.4, 0.5) is 13.2 Å². The van der Waals surface area contributed by atoms with E-state index in [2.05, 4.69) is 5.10 Å². The molecule has 0 aromatic carbocycles. The summed E-state index contributed by atoms with van der Waals surface area (Å²) >= 11 is 1.94. The molecule has 20 heavy (non-hydrogen) atoms. The van der Waals surface area contributed by atoms with Gasteiger partial charge in [-0.1, -0.05) is 0 Å². The molecule has 108 valence electrons. The molecule has 2 aromatic rings. The van der Waals surface area contributed by atoms with Crippen LogP contribution in [0.2, 0.25) is 0 Å². The zero-order valence-electron chi connectivity index (χ0n) is 10.2. The lowest BCUT2D eigenvalue weighted by molar-refractivity contribution is -0.182. The van der Waals surface area contributed by atoms with Crippen LogP contribution in [0.15, 0.2) is 18.2 Å². The number of ether oxygens (including phenoxy) is 2. The number of nitrogens with zero attached hydrogens (tertiary/aromatic N) is 2. The van der Waals surface area contributed by atoms with Crippen LogP contribution in [-0.4, -0.2) is 22.8 Å². The normalized spacial score (nSPS) is 17.8. The number of hydrogen-bond donors (Lipinski definition) is 0. The number of aromatic nitrogens is 2. The van der Waals surface area contributed by atoms with Crippen LogP contribution in [-0.2, 0) is 15.7 Å². The summed E-state index contributed by atoms with van der Waals surface area (Å²) in [5, 5.41) is 3.61. The zero-order valence-corrected chi connectivity index (χ0v) is 12.3. The maximum Gasteiger partial charge on any atom is 0.435 e. The lowest BCUT2D eigenvalue weighted by Gasteiger charge is -2.24. The number of alkyl halides is 3. The molecule has 1 saturated heterocycles. The minimum absolute atomic E-state index is 0.358. The largest absolute Gasteiger partial charge is 0.435 e. The lowest BCUT2D eigenvalue weighted by atomic mass is 10.2. The average molecular weight is 398 g/mol. The van der Waals surface area contributed by atoms with E-state index in [-0.39, 0.29) is 0 Å². The summed E-state index contributed by atoms with van der Waals surface area (Å²) in [6.45, 7) is 1.06. The molecule has 4 nitrogen and oxygen atoms in total. The first-order valence-electron chi connectivity index (χ1n) is 5.95. The third-order valence-corrected chi connectivity index (χ3v) is 3.80. The van der Waals surface area contributed by atoms with Crippen LogP contribution < -0.4 is 0 Å². The van der Waals surface area contributed by atoms with Crippen molar-refractivity contribution in [2.75, 3.05) is 13.2 Å². The smallest absolute Gasteiger partial charge is 0.348 e. The van der Waals surface area contributed by atoms with E-state index in [4.69, 9.17) is 9.47 Å². The number of fused-ring (bicyclic) bond motifs is 1. The van der Waals surface area contributed by atoms with E-state index < -0.39 is 18.2 Å². The predicted molar refractivity (Wildman–Crippen MR) is 72.2 cm³/mol. The van der Waals surface area contributed by atoms with Gasteiger partial charge in [0.05, 0.1) is 18.7 Å². The highest BCUT2D eigenvalue weighted by molar-refractivity contribution is 14.1. The van der Waals surface area contributed by atoms with Crippen molar-refractivity contribution in [2.24, 2.45) is 0 Å². The van der Waals surface area contributed by atoms with E-state index >= 15 is 0 Å². The van der Waals surface area contributed by atoms with Gasteiger partial charge >= 0.3 is 6.18 Å². The fourth-order valence-electron chi connectivity index (χ4n) is 2.07. The molecule has 8 heteroatoms. The third-order valence-electron chi connectivity index (χ3n) is 2.98. The van der Waals surface area contributed by atoms with Gasteiger partial charge in [0, 0.05) is 5.56 Å². The maximum atomic E-state index is 12.8. The SMILES string of the molecule is FC(F)(F)c1cc2c(C3OCCCO3)ccc(I)n2n1. The highest BCUT2D eigenvalue weighted by Crippen LogP contribution is 2.33. The fraction of sp³-hybridized carbons (Fsp3) is 0.417. The van der Waals surface area contributed by atoms with Crippen molar-refractivity contribution >= 4 is 28.1 Å². The Kier molecular flexibility index (Phi) is 3.63. The van der Waals surface area contributed by atoms with Gasteiger partial charge in [0.1, 0.15) is 3.70 Å². The van der Waals surface area contributed by atoms with Crippen molar-refractivity contribution in [2.45, 2.75) is 18.9 Å². The Balaban J connectivity index is 2.13. The Morgan fingerprint density at radius 2 is 1.95 bits per heavy atom. The molecule has 0 bridgehead atoms. The Labute approximate surface area is 126 Å². The molecule has 0 radical (unpaired) electrons. The second kappa shape index (κ2) is 5.15. The van der Waals surface area contributed by atoms with Gasteiger partial charge < -0.3 is 9.47 Å². The summed E-state index contributed by atoms with van der Waals surface area (Å²) in [6.07, 6.45) is -4.33. The predicted octanol–water partition coefficient (Wildman–Crippen LogP) is 3.39. The monoisotopic (exact) mass is 398 g/mol. The van der Waals surface area contributed by atoms with Crippen LogP contribution in [0.3, 0.4) is 0 Å². The van der Waals surface area contributed by atoms with Crippen molar-refractivity contribution in [1.29, 1.82) is 0 Å². The average Bonchev–Trinajstić information content (AvgIpc) is 2.86. The van der Waals surface area contributed by atoms with Crippen molar-refractivity contribution in [1.82, 2.24) is 9.61 Å². The molecule has 2 aromatic heterocycles. The molecule has 0 aliphatic carbocycles. The summed E-state index contributed by atoms with van der Waals surface area (Å²) < 4.78 is 51.1. The van der Waals surface area contributed by atoms with E-state index in [9.17, 15) is 13.2 Å². The van der Waals surface area contributed by atoms with Crippen LogP contribution in [0.5, 0.6) is 0 Å². The molecule has 1 fully saturated rings. The number of hydrogen-bond acceptors (Lipinski definition) is 3. The summed E-state index contributed by atoms with van der Waals surface area (Å²) in [5.41, 5.74) is 0.00270. The zero-order chi connectivity index (χ0) is 14.3. The molecule has 3 rings (SSSR count). The van der Waals surface area contributed by atoms with E-state index in [0.717, 1.165) is 12.5 Å². The second-order valence-electron chi connectivity index (χ2n) is 4.36. The van der Waals surface area contributed by atoms with Crippen molar-refractivity contribution in [3.05, 3.63) is 33.2 Å². The minimum atomic E-state index is -4.47. The van der Waals surface area contributed by atoms with Gasteiger partial charge in [0.15, 0.2) is 12.0 Å². The first-order chi connectivity index (χ1) is 9.47. The molecule has 1 aliphatic rings. The minimum Gasteiger partial charge on any atom is -0.348 e. The van der Waals surface area contributed by atoms with Gasteiger partial charge in [0.25, 0.3) is 0 Å². The van der Waals surface area contributed by atoms with Crippen molar-refractivity contribution in [3.8, 4) is 0 Å². The topological polar surface area (TPSA) is 35.8 Å². The van der Waals surface area contributed by atoms with Gasteiger partial charge in [-0.25, -0.2) is 4.52 Å². The molecule has 0 saturated carbocycles. The first kappa shape index (κ1) is 14.1. The van der Waals surface area contributed by atoms with E-state index in [1.807, 2.05) is 22.6 Å². The van der Waals surface area contributed by atoms with Crippen LogP contribution >= 0.6 is 22.6 Å². The Morgan fingerprint density at radius 1 is 1.25 bits per heavy atom. The van der Waals surface area contributed by atoms with Crippen LogP contribution in [0, 0.1) is 3.70 Å². The number of pyridine rings is 1. The van der Waals surface area contributed by atoms with Gasteiger partial charge in [-0.15, -0.1) is 0 Å². The van der Waals surface area contributed by atoms with Gasteiger partial charge in [-0.2, -0.15) is 18.3 Å². The summed E-state index contributed by atoms with van der Waals surface area (Å²) in [5.74, 6) is 0. The number of halogens is 4. The second-order valence-corrected chi connectivity index (χ2v) is 5.47. The highest BCUT2D eigenvalue weighted by atomic mass is 127. The Morgan fingerprint density at radius 3 is 2.60 bits per heavy atom. The summed E-state index contributed by atoms with van der Waals surface area (Å²) in [6, 6.07) is 4.44. The Bertz CT molecular complexity index is 635. The summed E-state index contributed by atoms with van der Waals surface area (Å²) in [4.78, 5) is 0. The van der Waals surface area contributed by atoms with Gasteiger partial charge in [-0.3, -0.25) is 0 Å². The van der Waals surface area contributed by atoms with E-state index in [1.165, 1.54) is 4.52 Å². The molecule has 1 aliphatic heterocycles. The van der Waals surface area contributed by atoms with Gasteiger partial charge in [-0.05, 0) is 47.2 Å². The van der Waals surface area contributed by atoms with Crippen molar-refractivity contribution < 1.29 is 22.6 Å². The van der Waals surface area contributed by atoms with Crippen LogP contribution in [0.1, 0.15) is 24.0 Å². The fourth-order valence-corrected chi connectivity index (χ4v) is 2.62. The maximum absolute atomic E-state index is 12.8. The molecular formula is C12H10F3IN2O2. The van der Waals surface area contributed by atoms with Gasteiger partial charge in [0.2, 0.25) is 0 Å².